The Kier molecular flexibility index (Phi) is 8.34. The van der Waals surface area contributed by atoms with Crippen LogP contribution in [0.5, 0.6) is 0 Å². The van der Waals surface area contributed by atoms with Crippen molar-refractivity contribution in [2.75, 3.05) is 54.9 Å². The molecule has 0 atom stereocenters. The molecule has 5 rings (SSSR count). The summed E-state index contributed by atoms with van der Waals surface area (Å²) in [6, 6.07) is 13.0. The highest BCUT2D eigenvalue weighted by Crippen LogP contribution is 2.26. The van der Waals surface area contributed by atoms with Gasteiger partial charge in [-0.3, -0.25) is 19.1 Å². The molecule has 2 aromatic heterocycles. The van der Waals surface area contributed by atoms with Gasteiger partial charge in [-0.2, -0.15) is 4.98 Å². The summed E-state index contributed by atoms with van der Waals surface area (Å²) < 4.78 is 16.7. The van der Waals surface area contributed by atoms with Gasteiger partial charge in [0.1, 0.15) is 5.82 Å². The van der Waals surface area contributed by atoms with Gasteiger partial charge in [-0.15, -0.1) is 0 Å². The molecule has 0 spiro atoms. The van der Waals surface area contributed by atoms with E-state index in [0.29, 0.717) is 42.4 Å². The molecule has 0 saturated carbocycles. The number of aliphatic hydroxyl groups is 2. The molecule has 1 aliphatic rings. The van der Waals surface area contributed by atoms with Crippen LogP contribution in [0.3, 0.4) is 0 Å². The second-order valence-corrected chi connectivity index (χ2v) is 9.51. The van der Waals surface area contributed by atoms with Crippen LogP contribution in [0.2, 0.25) is 0 Å². The fourth-order valence-corrected chi connectivity index (χ4v) is 4.85. The molecule has 1 amide bonds. The largest absolute Gasteiger partial charge is 0.395 e. The molecule has 12 heteroatoms. The highest BCUT2D eigenvalue weighted by molar-refractivity contribution is 5.99. The number of nitrogens with one attached hydrogen (secondary N) is 2. The van der Waals surface area contributed by atoms with E-state index in [1.807, 2.05) is 4.90 Å². The number of pyridine rings is 1. The summed E-state index contributed by atoms with van der Waals surface area (Å²) in [5.74, 6) is -0.656. The van der Waals surface area contributed by atoms with Gasteiger partial charge in [-0.1, -0.05) is 12.6 Å². The minimum atomic E-state index is -0.442. The maximum absolute atomic E-state index is 15.1. The van der Waals surface area contributed by atoms with Gasteiger partial charge in [0, 0.05) is 62.0 Å². The quantitative estimate of drug-likeness (QED) is 0.228. The molecule has 41 heavy (non-hydrogen) atoms. The van der Waals surface area contributed by atoms with Crippen LogP contribution in [0, 0.1) is 5.82 Å². The number of aromatic nitrogens is 3. The Hall–Kier alpha value is -4.65. The third-order valence-electron chi connectivity index (χ3n) is 6.88. The first kappa shape index (κ1) is 27.9. The molecular formula is C29H30FN7O4. The molecule has 0 radical (unpaired) electrons. The Labute approximate surface area is 235 Å². The van der Waals surface area contributed by atoms with E-state index in [1.165, 1.54) is 18.3 Å². The van der Waals surface area contributed by atoms with Crippen LogP contribution in [-0.2, 0) is 11.4 Å². The monoisotopic (exact) mass is 559 g/mol. The van der Waals surface area contributed by atoms with E-state index in [2.05, 4.69) is 32.1 Å². The number of hydrogen-bond donors (Lipinski definition) is 4. The summed E-state index contributed by atoms with van der Waals surface area (Å²) in [4.78, 5) is 37.5. The van der Waals surface area contributed by atoms with Crippen LogP contribution < -0.4 is 21.0 Å². The summed E-state index contributed by atoms with van der Waals surface area (Å²) >= 11 is 0. The summed E-state index contributed by atoms with van der Waals surface area (Å²) in [5.41, 5.74) is 2.09. The summed E-state index contributed by atoms with van der Waals surface area (Å²) in [7, 11) is 0. The van der Waals surface area contributed by atoms with Gasteiger partial charge >= 0.3 is 0 Å². The molecule has 1 aliphatic heterocycles. The van der Waals surface area contributed by atoms with Crippen LogP contribution >= 0.6 is 0 Å². The zero-order chi connectivity index (χ0) is 28.9. The molecule has 0 bridgehead atoms. The van der Waals surface area contributed by atoms with Gasteiger partial charge in [-0.25, -0.2) is 9.37 Å². The highest BCUT2D eigenvalue weighted by Gasteiger charge is 2.20. The van der Waals surface area contributed by atoms with Gasteiger partial charge in [0.25, 0.3) is 0 Å². The van der Waals surface area contributed by atoms with Crippen molar-refractivity contribution in [2.24, 2.45) is 0 Å². The molecule has 3 heterocycles. The molecule has 4 N–H and O–H groups in total. The predicted molar refractivity (Wildman–Crippen MR) is 155 cm³/mol. The van der Waals surface area contributed by atoms with E-state index in [1.54, 1.807) is 41.0 Å². The molecule has 1 fully saturated rings. The second-order valence-electron chi connectivity index (χ2n) is 9.51. The Balaban J connectivity index is 1.46. The number of hydrogen-bond acceptors (Lipinski definition) is 9. The SMILES string of the molecule is C=CC(=O)Nc1cccc(-n2c(CO)cc(=O)c3cnc(Nc4ccc(N5CCN(CCO)CC5)c(F)c4)nc32)c1. The first-order valence-corrected chi connectivity index (χ1v) is 13.1. The summed E-state index contributed by atoms with van der Waals surface area (Å²) in [6.07, 6.45) is 2.53. The average Bonchev–Trinajstić information content (AvgIpc) is 2.98. The Morgan fingerprint density at radius 3 is 2.59 bits per heavy atom. The topological polar surface area (TPSA) is 136 Å². The van der Waals surface area contributed by atoms with E-state index >= 15 is 4.39 Å². The standard InChI is InChI=1S/C29H30FN7O4/c1-2-27(41)32-19-4-3-5-21(14-19)37-22(18-39)16-26(40)23-17-31-29(34-28(23)37)33-20-6-7-25(24(30)15-20)36-10-8-35(9-11-36)12-13-38/h2-7,14-17,38-39H,1,8-13,18H2,(H,32,41)(H,31,33,34). The molecular weight excluding hydrogens is 529 g/mol. The lowest BCUT2D eigenvalue weighted by molar-refractivity contribution is -0.111. The molecule has 4 aromatic rings. The van der Waals surface area contributed by atoms with Crippen molar-refractivity contribution in [3.8, 4) is 5.69 Å². The van der Waals surface area contributed by atoms with Crippen molar-refractivity contribution in [3.05, 3.63) is 89.1 Å². The van der Waals surface area contributed by atoms with E-state index in [-0.39, 0.29) is 40.6 Å². The lowest BCUT2D eigenvalue weighted by Gasteiger charge is -2.36. The molecule has 2 aromatic carbocycles. The van der Waals surface area contributed by atoms with Crippen LogP contribution in [-0.4, -0.2) is 74.9 Å². The van der Waals surface area contributed by atoms with Crippen molar-refractivity contribution in [3.63, 3.8) is 0 Å². The number of benzene rings is 2. The van der Waals surface area contributed by atoms with E-state index in [0.717, 1.165) is 19.2 Å². The number of aliphatic hydroxyl groups excluding tert-OH is 2. The highest BCUT2D eigenvalue weighted by atomic mass is 19.1. The fraction of sp³-hybridized carbons (Fsp3) is 0.241. The van der Waals surface area contributed by atoms with Crippen molar-refractivity contribution >= 4 is 40.0 Å². The summed E-state index contributed by atoms with van der Waals surface area (Å²) in [5, 5.41) is 25.1. The Morgan fingerprint density at radius 2 is 1.88 bits per heavy atom. The lowest BCUT2D eigenvalue weighted by atomic mass is 10.2. The van der Waals surface area contributed by atoms with E-state index < -0.39 is 12.4 Å². The number of carbonyl (C=O) groups excluding carboxylic acids is 1. The zero-order valence-corrected chi connectivity index (χ0v) is 22.3. The number of fused-ring (bicyclic) bond motifs is 1. The molecule has 0 unspecified atom stereocenters. The fourth-order valence-electron chi connectivity index (χ4n) is 4.85. The van der Waals surface area contributed by atoms with Gasteiger partial charge in [-0.05, 0) is 42.5 Å². The van der Waals surface area contributed by atoms with Crippen molar-refractivity contribution in [1.82, 2.24) is 19.4 Å². The zero-order valence-electron chi connectivity index (χ0n) is 22.3. The minimum absolute atomic E-state index is 0.101. The van der Waals surface area contributed by atoms with E-state index in [9.17, 15) is 14.7 Å². The van der Waals surface area contributed by atoms with Crippen LogP contribution in [0.25, 0.3) is 16.7 Å². The maximum atomic E-state index is 15.1. The third-order valence-corrected chi connectivity index (χ3v) is 6.88. The van der Waals surface area contributed by atoms with Crippen LogP contribution in [0.4, 0.5) is 27.4 Å². The first-order chi connectivity index (χ1) is 19.9. The van der Waals surface area contributed by atoms with Gasteiger partial charge < -0.3 is 25.7 Å². The normalized spacial score (nSPS) is 13.8. The van der Waals surface area contributed by atoms with Crippen molar-refractivity contribution in [2.45, 2.75) is 6.61 Å². The van der Waals surface area contributed by atoms with Crippen LogP contribution in [0.15, 0.2) is 72.2 Å². The number of halogens is 1. The molecule has 212 valence electrons. The first-order valence-electron chi connectivity index (χ1n) is 13.1. The second kappa shape index (κ2) is 12.3. The number of β-amino-alcohol motifs (C(OH)–C–C–N with tert-alkyl or cyclic N) is 1. The average molecular weight is 560 g/mol. The maximum Gasteiger partial charge on any atom is 0.247 e. The Morgan fingerprint density at radius 1 is 1.07 bits per heavy atom. The Bertz CT molecular complexity index is 1650. The number of amides is 1. The summed E-state index contributed by atoms with van der Waals surface area (Å²) in [6.45, 7) is 6.51. The van der Waals surface area contributed by atoms with Crippen molar-refractivity contribution in [1.29, 1.82) is 0 Å². The predicted octanol–water partition coefficient (Wildman–Crippen LogP) is 2.39. The molecule has 11 nitrogen and oxygen atoms in total. The number of anilines is 4. The lowest BCUT2D eigenvalue weighted by Crippen LogP contribution is -2.47. The van der Waals surface area contributed by atoms with Crippen LogP contribution in [0.1, 0.15) is 5.69 Å². The van der Waals surface area contributed by atoms with Gasteiger partial charge in [0.2, 0.25) is 11.9 Å². The number of piperazine rings is 1. The van der Waals surface area contributed by atoms with Gasteiger partial charge in [0.15, 0.2) is 11.1 Å². The number of nitrogens with zero attached hydrogens (tertiary/aromatic N) is 5. The van der Waals surface area contributed by atoms with E-state index in [4.69, 9.17) is 5.11 Å². The number of carbonyl (C=O) groups is 1. The molecule has 0 aliphatic carbocycles. The number of rotatable bonds is 9. The third kappa shape index (κ3) is 6.09. The van der Waals surface area contributed by atoms with Gasteiger partial charge in [0.05, 0.1) is 30.0 Å². The molecule has 1 saturated heterocycles. The minimum Gasteiger partial charge on any atom is -0.395 e. The van der Waals surface area contributed by atoms with Crippen molar-refractivity contribution < 1.29 is 19.4 Å². The smallest absolute Gasteiger partial charge is 0.247 e.